The summed E-state index contributed by atoms with van der Waals surface area (Å²) in [5.74, 6) is 0.0222. The Bertz CT molecular complexity index is 800. The van der Waals surface area contributed by atoms with Crippen molar-refractivity contribution in [2.24, 2.45) is 0 Å². The number of thioether (sulfide) groups is 1. The maximum atomic E-state index is 12.9. The molecule has 122 valence electrons. The first kappa shape index (κ1) is 16.3. The number of hydrogen-bond acceptors (Lipinski definition) is 4. The zero-order valence-corrected chi connectivity index (χ0v) is 13.7. The quantitative estimate of drug-likeness (QED) is 0.785. The van der Waals surface area contributed by atoms with Crippen molar-refractivity contribution >= 4 is 29.0 Å². The Morgan fingerprint density at radius 3 is 2.38 bits per heavy atom. The van der Waals surface area contributed by atoms with Gasteiger partial charge in [-0.05, 0) is 53.2 Å². The molecule has 0 saturated carbocycles. The molecular weight excluding hydrogens is 329 g/mol. The Balaban J connectivity index is 1.77. The summed E-state index contributed by atoms with van der Waals surface area (Å²) in [7, 11) is 1.58. The number of carbonyl (C=O) groups excluding carboxylic acids is 2. The fourth-order valence-corrected chi connectivity index (χ4v) is 3.10. The lowest BCUT2D eigenvalue weighted by molar-refractivity contribution is -0.123. The van der Waals surface area contributed by atoms with Crippen LogP contribution < -0.4 is 4.74 Å². The van der Waals surface area contributed by atoms with Crippen molar-refractivity contribution < 1.29 is 18.7 Å². The van der Waals surface area contributed by atoms with Crippen LogP contribution in [0.1, 0.15) is 11.1 Å². The van der Waals surface area contributed by atoms with E-state index in [-0.39, 0.29) is 23.5 Å². The Labute approximate surface area is 142 Å². The third-order valence-corrected chi connectivity index (χ3v) is 4.45. The highest BCUT2D eigenvalue weighted by Gasteiger charge is 2.34. The third kappa shape index (κ3) is 3.49. The van der Waals surface area contributed by atoms with Crippen LogP contribution in [0.3, 0.4) is 0 Å². The van der Waals surface area contributed by atoms with Gasteiger partial charge < -0.3 is 4.74 Å². The van der Waals surface area contributed by atoms with Crippen molar-refractivity contribution in [1.82, 2.24) is 4.90 Å². The van der Waals surface area contributed by atoms with Gasteiger partial charge in [0, 0.05) is 0 Å². The molecule has 1 aliphatic rings. The fourth-order valence-electron chi connectivity index (χ4n) is 2.26. The Kier molecular flexibility index (Phi) is 4.66. The smallest absolute Gasteiger partial charge is 0.293 e. The summed E-state index contributed by atoms with van der Waals surface area (Å²) in [6, 6.07) is 12.9. The zero-order valence-electron chi connectivity index (χ0n) is 12.9. The van der Waals surface area contributed by atoms with Crippen LogP contribution in [-0.4, -0.2) is 23.2 Å². The highest BCUT2D eigenvalue weighted by molar-refractivity contribution is 8.18. The van der Waals surface area contributed by atoms with Gasteiger partial charge in [-0.3, -0.25) is 14.5 Å². The van der Waals surface area contributed by atoms with Crippen LogP contribution in [0, 0.1) is 5.82 Å². The number of carbonyl (C=O) groups is 2. The molecule has 6 heteroatoms. The Morgan fingerprint density at radius 1 is 1.08 bits per heavy atom. The average Bonchev–Trinajstić information content (AvgIpc) is 2.85. The first-order valence-electron chi connectivity index (χ1n) is 7.20. The Morgan fingerprint density at radius 2 is 1.75 bits per heavy atom. The molecule has 24 heavy (non-hydrogen) atoms. The molecule has 2 aromatic rings. The molecule has 2 amide bonds. The number of nitrogens with zero attached hydrogens (tertiary/aromatic N) is 1. The van der Waals surface area contributed by atoms with E-state index in [1.807, 2.05) is 12.1 Å². The number of halogens is 1. The summed E-state index contributed by atoms with van der Waals surface area (Å²) in [5.41, 5.74) is 1.51. The van der Waals surface area contributed by atoms with Crippen LogP contribution in [-0.2, 0) is 11.3 Å². The van der Waals surface area contributed by atoms with E-state index in [1.165, 1.54) is 12.1 Å². The molecule has 0 aliphatic carbocycles. The molecule has 2 aromatic carbocycles. The van der Waals surface area contributed by atoms with Crippen molar-refractivity contribution in [2.45, 2.75) is 6.54 Å². The lowest BCUT2D eigenvalue weighted by Crippen LogP contribution is -2.27. The molecule has 0 spiro atoms. The van der Waals surface area contributed by atoms with Gasteiger partial charge in [0.05, 0.1) is 18.6 Å². The second kappa shape index (κ2) is 6.88. The van der Waals surface area contributed by atoms with Crippen molar-refractivity contribution in [2.75, 3.05) is 7.11 Å². The standard InChI is InChI=1S/C18H14FNO3S/c1-23-15-8-4-12(5-9-15)10-16-17(21)20(18(22)24-16)11-13-2-6-14(19)7-3-13/h2-10H,11H2,1H3. The first-order chi connectivity index (χ1) is 11.6. The van der Waals surface area contributed by atoms with Crippen molar-refractivity contribution in [3.8, 4) is 5.75 Å². The summed E-state index contributed by atoms with van der Waals surface area (Å²) >= 11 is 0.902. The zero-order chi connectivity index (χ0) is 17.1. The van der Waals surface area contributed by atoms with Crippen molar-refractivity contribution in [1.29, 1.82) is 0 Å². The van der Waals surface area contributed by atoms with Crippen LogP contribution in [0.25, 0.3) is 6.08 Å². The summed E-state index contributed by atoms with van der Waals surface area (Å²) in [4.78, 5) is 26.0. The minimum absolute atomic E-state index is 0.130. The molecule has 3 rings (SSSR count). The minimum atomic E-state index is -0.354. The van der Waals surface area contributed by atoms with E-state index >= 15 is 0 Å². The van der Waals surface area contributed by atoms with Gasteiger partial charge in [0.1, 0.15) is 11.6 Å². The van der Waals surface area contributed by atoms with Crippen LogP contribution >= 0.6 is 11.8 Å². The number of amides is 2. The predicted molar refractivity (Wildman–Crippen MR) is 90.9 cm³/mol. The molecule has 1 saturated heterocycles. The van der Waals surface area contributed by atoms with Crippen molar-refractivity contribution in [3.05, 3.63) is 70.4 Å². The van der Waals surface area contributed by atoms with Gasteiger partial charge in [-0.1, -0.05) is 24.3 Å². The summed E-state index contributed by atoms with van der Waals surface area (Å²) < 4.78 is 18.0. The summed E-state index contributed by atoms with van der Waals surface area (Å²) in [6.45, 7) is 0.130. The molecule has 0 radical (unpaired) electrons. The number of imide groups is 1. The largest absolute Gasteiger partial charge is 0.497 e. The van der Waals surface area contributed by atoms with E-state index in [9.17, 15) is 14.0 Å². The molecule has 4 nitrogen and oxygen atoms in total. The number of rotatable bonds is 4. The van der Waals surface area contributed by atoms with E-state index in [4.69, 9.17) is 4.74 Å². The highest BCUT2D eigenvalue weighted by atomic mass is 32.2. The van der Waals surface area contributed by atoms with Crippen molar-refractivity contribution in [3.63, 3.8) is 0 Å². The van der Waals surface area contributed by atoms with E-state index < -0.39 is 0 Å². The number of hydrogen-bond donors (Lipinski definition) is 0. The van der Waals surface area contributed by atoms with E-state index in [0.717, 1.165) is 28.0 Å². The SMILES string of the molecule is COc1ccc(C=C2SC(=O)N(Cc3ccc(F)cc3)C2=O)cc1. The molecule has 0 unspecified atom stereocenters. The number of ether oxygens (including phenoxy) is 1. The number of benzene rings is 2. The maximum Gasteiger partial charge on any atom is 0.293 e. The lowest BCUT2D eigenvalue weighted by atomic mass is 10.2. The molecule has 0 N–H and O–H groups in total. The topological polar surface area (TPSA) is 46.6 Å². The summed E-state index contributed by atoms with van der Waals surface area (Å²) in [6.07, 6.45) is 1.68. The molecule has 0 aromatic heterocycles. The molecule has 1 heterocycles. The second-order valence-electron chi connectivity index (χ2n) is 5.17. The Hall–Kier alpha value is -2.60. The molecule has 0 bridgehead atoms. The van der Waals surface area contributed by atoms with Gasteiger partial charge in [-0.15, -0.1) is 0 Å². The molecule has 1 fully saturated rings. The first-order valence-corrected chi connectivity index (χ1v) is 8.02. The van der Waals surface area contributed by atoms with E-state index in [1.54, 1.807) is 37.5 Å². The van der Waals surface area contributed by atoms with Gasteiger partial charge in [0.25, 0.3) is 11.1 Å². The van der Waals surface area contributed by atoms with Crippen LogP contribution in [0.4, 0.5) is 9.18 Å². The molecule has 1 aliphatic heterocycles. The minimum Gasteiger partial charge on any atom is -0.497 e. The van der Waals surface area contributed by atoms with Gasteiger partial charge in [0.15, 0.2) is 0 Å². The predicted octanol–water partition coefficient (Wildman–Crippen LogP) is 4.07. The highest BCUT2D eigenvalue weighted by Crippen LogP contribution is 2.33. The van der Waals surface area contributed by atoms with Crippen LogP contribution in [0.5, 0.6) is 5.75 Å². The molecule has 0 atom stereocenters. The van der Waals surface area contributed by atoms with Gasteiger partial charge in [-0.2, -0.15) is 0 Å². The van der Waals surface area contributed by atoms with E-state index in [2.05, 4.69) is 0 Å². The molecular formula is C18H14FNO3S. The normalized spacial score (nSPS) is 16.1. The fraction of sp³-hybridized carbons (Fsp3) is 0.111. The monoisotopic (exact) mass is 343 g/mol. The maximum absolute atomic E-state index is 12.9. The van der Waals surface area contributed by atoms with Crippen LogP contribution in [0.15, 0.2) is 53.4 Å². The van der Waals surface area contributed by atoms with Gasteiger partial charge in [-0.25, -0.2) is 4.39 Å². The van der Waals surface area contributed by atoms with E-state index in [0.29, 0.717) is 10.5 Å². The lowest BCUT2D eigenvalue weighted by Gasteiger charge is -2.12. The third-order valence-electron chi connectivity index (χ3n) is 3.54. The number of methoxy groups -OCH3 is 1. The second-order valence-corrected chi connectivity index (χ2v) is 6.16. The van der Waals surface area contributed by atoms with Gasteiger partial charge >= 0.3 is 0 Å². The average molecular weight is 343 g/mol. The van der Waals surface area contributed by atoms with Gasteiger partial charge in [0.2, 0.25) is 0 Å². The summed E-state index contributed by atoms with van der Waals surface area (Å²) in [5, 5.41) is -0.330. The van der Waals surface area contributed by atoms with Crippen LogP contribution in [0.2, 0.25) is 0 Å².